The minimum absolute atomic E-state index is 0.214. The second-order valence-corrected chi connectivity index (χ2v) is 9.19. The van der Waals surface area contributed by atoms with Crippen LogP contribution in [-0.4, -0.2) is 25.7 Å². The first-order valence-electron chi connectivity index (χ1n) is 10.1. The smallest absolute Gasteiger partial charge is 0.230 e. The van der Waals surface area contributed by atoms with Crippen molar-refractivity contribution in [2.75, 3.05) is 4.90 Å². The normalized spacial score (nSPS) is 14.8. The topological polar surface area (TPSA) is 63.9 Å². The van der Waals surface area contributed by atoms with E-state index in [2.05, 4.69) is 19.7 Å². The molecule has 2 heterocycles. The molecule has 0 unspecified atom stereocenters. The Hall–Kier alpha value is -2.26. The summed E-state index contributed by atoms with van der Waals surface area (Å²) in [6.45, 7) is 3.42. The lowest BCUT2D eigenvalue weighted by atomic mass is 9.95. The Kier molecular flexibility index (Phi) is 6.48. The third kappa shape index (κ3) is 4.41. The SMILES string of the molecule is CC(=O)N(c1nc(CSc2nnc(C)n2C2CCCCC2)cs1)c1ccccc1F. The van der Waals surface area contributed by atoms with Gasteiger partial charge in [0, 0.05) is 24.1 Å². The van der Waals surface area contributed by atoms with Crippen LogP contribution in [0, 0.1) is 12.7 Å². The molecule has 1 fully saturated rings. The Labute approximate surface area is 183 Å². The molecule has 1 aliphatic rings. The van der Waals surface area contributed by atoms with Crippen molar-refractivity contribution in [2.45, 2.75) is 62.9 Å². The van der Waals surface area contributed by atoms with Crippen molar-refractivity contribution in [3.05, 3.63) is 47.0 Å². The quantitative estimate of drug-likeness (QED) is 0.458. The number of anilines is 2. The van der Waals surface area contributed by atoms with Gasteiger partial charge >= 0.3 is 0 Å². The molecule has 2 aromatic heterocycles. The van der Waals surface area contributed by atoms with Gasteiger partial charge in [-0.05, 0) is 31.9 Å². The first-order valence-corrected chi connectivity index (χ1v) is 11.9. The first kappa shape index (κ1) is 21.0. The van der Waals surface area contributed by atoms with Crippen molar-refractivity contribution in [3.8, 4) is 0 Å². The van der Waals surface area contributed by atoms with Crippen LogP contribution in [0.4, 0.5) is 15.2 Å². The van der Waals surface area contributed by atoms with Crippen LogP contribution in [-0.2, 0) is 10.5 Å². The molecule has 1 amide bonds. The Morgan fingerprint density at radius 1 is 1.27 bits per heavy atom. The summed E-state index contributed by atoms with van der Waals surface area (Å²) in [5, 5.41) is 11.9. The Balaban J connectivity index is 1.50. The molecule has 0 bridgehead atoms. The van der Waals surface area contributed by atoms with E-state index in [4.69, 9.17) is 0 Å². The Morgan fingerprint density at radius 2 is 2.03 bits per heavy atom. The number of benzene rings is 1. The minimum Gasteiger partial charge on any atom is -0.303 e. The molecule has 0 saturated heterocycles. The van der Waals surface area contributed by atoms with Gasteiger partial charge in [0.2, 0.25) is 5.91 Å². The van der Waals surface area contributed by atoms with Crippen molar-refractivity contribution in [3.63, 3.8) is 0 Å². The maximum absolute atomic E-state index is 14.2. The van der Waals surface area contributed by atoms with Gasteiger partial charge < -0.3 is 4.57 Å². The molecule has 6 nitrogen and oxygen atoms in total. The number of rotatable bonds is 6. The number of hydrogen-bond acceptors (Lipinski definition) is 6. The maximum Gasteiger partial charge on any atom is 0.230 e. The predicted molar refractivity (Wildman–Crippen MR) is 118 cm³/mol. The van der Waals surface area contributed by atoms with Gasteiger partial charge in [0.05, 0.1) is 11.4 Å². The number of amides is 1. The Bertz CT molecular complexity index is 1030. The molecule has 3 aromatic rings. The summed E-state index contributed by atoms with van der Waals surface area (Å²) < 4.78 is 16.5. The predicted octanol–water partition coefficient (Wildman–Crippen LogP) is 5.66. The number of hydrogen-bond donors (Lipinski definition) is 0. The minimum atomic E-state index is -0.449. The average molecular weight is 446 g/mol. The molecule has 158 valence electrons. The van der Waals surface area contributed by atoms with Gasteiger partial charge in [-0.1, -0.05) is 43.2 Å². The van der Waals surface area contributed by atoms with Crippen LogP contribution in [0.5, 0.6) is 0 Å². The fraction of sp³-hybridized carbons (Fsp3) is 0.429. The van der Waals surface area contributed by atoms with E-state index in [9.17, 15) is 9.18 Å². The summed E-state index contributed by atoms with van der Waals surface area (Å²) in [6, 6.07) is 6.71. The van der Waals surface area contributed by atoms with E-state index in [1.165, 1.54) is 61.3 Å². The Morgan fingerprint density at radius 3 is 2.77 bits per heavy atom. The zero-order valence-corrected chi connectivity index (χ0v) is 18.7. The van der Waals surface area contributed by atoms with Crippen LogP contribution < -0.4 is 4.90 Å². The van der Waals surface area contributed by atoms with E-state index in [-0.39, 0.29) is 11.6 Å². The van der Waals surface area contributed by atoms with Crippen LogP contribution >= 0.6 is 23.1 Å². The highest BCUT2D eigenvalue weighted by Gasteiger charge is 2.23. The third-order valence-electron chi connectivity index (χ3n) is 5.26. The third-order valence-corrected chi connectivity index (χ3v) is 7.11. The monoisotopic (exact) mass is 445 g/mol. The molecular weight excluding hydrogens is 421 g/mol. The summed E-state index contributed by atoms with van der Waals surface area (Å²) in [5.74, 6) is 0.839. The van der Waals surface area contributed by atoms with Gasteiger partial charge in [0.1, 0.15) is 11.6 Å². The fourth-order valence-corrected chi connectivity index (χ4v) is 5.78. The number of carbonyl (C=O) groups excluding carboxylic acids is 1. The van der Waals surface area contributed by atoms with E-state index in [0.29, 0.717) is 16.9 Å². The fourth-order valence-electron chi connectivity index (χ4n) is 3.85. The number of aryl methyl sites for hydroxylation is 1. The van der Waals surface area contributed by atoms with E-state index >= 15 is 0 Å². The van der Waals surface area contributed by atoms with Gasteiger partial charge in [0.25, 0.3) is 0 Å². The van der Waals surface area contributed by atoms with Crippen LogP contribution in [0.3, 0.4) is 0 Å². The second-order valence-electron chi connectivity index (χ2n) is 7.41. The molecule has 0 atom stereocenters. The molecule has 30 heavy (non-hydrogen) atoms. The zero-order chi connectivity index (χ0) is 21.1. The molecule has 4 rings (SSSR count). The van der Waals surface area contributed by atoms with Gasteiger partial charge in [-0.2, -0.15) is 0 Å². The van der Waals surface area contributed by atoms with Gasteiger partial charge in [0.15, 0.2) is 10.3 Å². The van der Waals surface area contributed by atoms with E-state index < -0.39 is 5.82 Å². The number of halogens is 1. The van der Waals surface area contributed by atoms with Crippen molar-refractivity contribution >= 4 is 39.8 Å². The highest BCUT2D eigenvalue weighted by atomic mass is 32.2. The lowest BCUT2D eigenvalue weighted by molar-refractivity contribution is -0.115. The van der Waals surface area contributed by atoms with Crippen molar-refractivity contribution < 1.29 is 9.18 Å². The first-order chi connectivity index (χ1) is 14.5. The van der Waals surface area contributed by atoms with E-state index in [1.807, 2.05) is 12.3 Å². The largest absolute Gasteiger partial charge is 0.303 e. The second kappa shape index (κ2) is 9.26. The molecule has 0 N–H and O–H groups in total. The highest BCUT2D eigenvalue weighted by molar-refractivity contribution is 7.98. The van der Waals surface area contributed by atoms with Gasteiger partial charge in [-0.3, -0.25) is 9.69 Å². The molecule has 0 aliphatic heterocycles. The number of thiazole rings is 1. The number of para-hydroxylation sites is 1. The summed E-state index contributed by atoms with van der Waals surface area (Å²) in [6.07, 6.45) is 6.14. The number of carbonyl (C=O) groups is 1. The maximum atomic E-state index is 14.2. The van der Waals surface area contributed by atoms with Crippen LogP contribution in [0.25, 0.3) is 0 Å². The van der Waals surface area contributed by atoms with Crippen LogP contribution in [0.1, 0.15) is 56.6 Å². The molecule has 1 aromatic carbocycles. The summed E-state index contributed by atoms with van der Waals surface area (Å²) >= 11 is 2.94. The standard InChI is InChI=1S/C21H24FN5OS2/c1-14-24-25-21(26(14)17-8-4-3-5-9-17)30-13-16-12-29-20(23-16)27(15(2)28)19-11-7-6-10-18(19)22/h6-7,10-12,17H,3-5,8-9,13H2,1-2H3. The van der Waals surface area contributed by atoms with Crippen molar-refractivity contribution in [1.29, 1.82) is 0 Å². The lowest BCUT2D eigenvalue weighted by Crippen LogP contribution is -2.23. The number of thioether (sulfide) groups is 1. The molecule has 0 radical (unpaired) electrons. The van der Waals surface area contributed by atoms with Crippen LogP contribution in [0.15, 0.2) is 34.8 Å². The summed E-state index contributed by atoms with van der Waals surface area (Å²) in [4.78, 5) is 18.1. The van der Waals surface area contributed by atoms with Gasteiger partial charge in [-0.25, -0.2) is 9.37 Å². The molecule has 1 saturated carbocycles. The molecule has 9 heteroatoms. The van der Waals surface area contributed by atoms with Gasteiger partial charge in [-0.15, -0.1) is 21.5 Å². The van der Waals surface area contributed by atoms with E-state index in [0.717, 1.165) is 16.7 Å². The molecule has 0 spiro atoms. The van der Waals surface area contributed by atoms with Crippen molar-refractivity contribution in [2.24, 2.45) is 0 Å². The number of aromatic nitrogens is 4. The lowest BCUT2D eigenvalue weighted by Gasteiger charge is -2.24. The molecule has 1 aliphatic carbocycles. The summed E-state index contributed by atoms with van der Waals surface area (Å²) in [7, 11) is 0. The van der Waals surface area contributed by atoms with Crippen molar-refractivity contribution in [1.82, 2.24) is 19.7 Å². The van der Waals surface area contributed by atoms with Crippen LogP contribution in [0.2, 0.25) is 0 Å². The average Bonchev–Trinajstić information content (AvgIpc) is 3.35. The van der Waals surface area contributed by atoms with E-state index in [1.54, 1.807) is 30.0 Å². The highest BCUT2D eigenvalue weighted by Crippen LogP contribution is 2.35. The summed E-state index contributed by atoms with van der Waals surface area (Å²) in [5.41, 5.74) is 1.05. The number of nitrogens with zero attached hydrogens (tertiary/aromatic N) is 5. The molecular formula is C21H24FN5OS2. The zero-order valence-electron chi connectivity index (χ0n) is 17.0.